The predicted octanol–water partition coefficient (Wildman–Crippen LogP) is 0.798. The normalized spacial score (nSPS) is 16.3. The van der Waals surface area contributed by atoms with Crippen molar-refractivity contribution in [3.8, 4) is 0 Å². The third kappa shape index (κ3) is 5.86. The number of hydrogen-bond acceptors (Lipinski definition) is 5. The van der Waals surface area contributed by atoms with Crippen LogP contribution in [-0.4, -0.2) is 53.8 Å². The zero-order chi connectivity index (χ0) is 20.7. The van der Waals surface area contributed by atoms with E-state index in [0.717, 1.165) is 18.7 Å². The molecule has 7 nitrogen and oxygen atoms in total. The lowest BCUT2D eigenvalue weighted by molar-refractivity contribution is -0.909. The molecule has 8 heteroatoms. The summed E-state index contributed by atoms with van der Waals surface area (Å²) in [5.41, 5.74) is 1.24. The Kier molecular flexibility index (Phi) is 7.38. The molecule has 0 saturated carbocycles. The van der Waals surface area contributed by atoms with Crippen LogP contribution in [0.5, 0.6) is 0 Å². The molecule has 0 bridgehead atoms. The fourth-order valence-electron chi connectivity index (χ4n) is 3.31. The Hall–Kier alpha value is -2.26. The molecular weight excluding hydrogens is 392 g/mol. The molecule has 1 fully saturated rings. The molecule has 1 aliphatic rings. The maximum Gasteiger partial charge on any atom is 0.338 e. The molecule has 0 amide bonds. The summed E-state index contributed by atoms with van der Waals surface area (Å²) in [5.74, 6) is -0.470. The highest BCUT2D eigenvalue weighted by atomic mass is 32.2. The number of sulfonamides is 1. The Morgan fingerprint density at radius 3 is 2.38 bits per heavy atom. The van der Waals surface area contributed by atoms with Gasteiger partial charge < -0.3 is 14.4 Å². The summed E-state index contributed by atoms with van der Waals surface area (Å²) in [4.78, 5) is 13.2. The van der Waals surface area contributed by atoms with Crippen LogP contribution >= 0.6 is 0 Å². The molecule has 29 heavy (non-hydrogen) atoms. The third-order valence-electron chi connectivity index (χ3n) is 4.87. The predicted molar refractivity (Wildman–Crippen MR) is 108 cm³/mol. The van der Waals surface area contributed by atoms with Crippen molar-refractivity contribution in [2.45, 2.75) is 17.9 Å². The van der Waals surface area contributed by atoms with Crippen molar-refractivity contribution in [1.29, 1.82) is 0 Å². The molecule has 1 aliphatic heterocycles. The second-order valence-corrected chi connectivity index (χ2v) is 8.61. The first-order valence-corrected chi connectivity index (χ1v) is 11.2. The first-order chi connectivity index (χ1) is 14.0. The van der Waals surface area contributed by atoms with Gasteiger partial charge in [0.1, 0.15) is 13.1 Å². The van der Waals surface area contributed by atoms with Gasteiger partial charge in [0.05, 0.1) is 42.9 Å². The van der Waals surface area contributed by atoms with Crippen LogP contribution in [0.3, 0.4) is 0 Å². The van der Waals surface area contributed by atoms with Crippen LogP contribution in [0.25, 0.3) is 0 Å². The molecule has 1 saturated heterocycles. The number of quaternary nitrogens is 1. The van der Waals surface area contributed by atoms with Gasteiger partial charge in [0.2, 0.25) is 10.0 Å². The van der Waals surface area contributed by atoms with Crippen LogP contribution in [0.15, 0.2) is 59.5 Å². The van der Waals surface area contributed by atoms with Crippen molar-refractivity contribution < 1.29 is 27.6 Å². The summed E-state index contributed by atoms with van der Waals surface area (Å²) in [5, 5.41) is 0. The lowest BCUT2D eigenvalue weighted by atomic mass is 10.1. The van der Waals surface area contributed by atoms with Crippen molar-refractivity contribution in [2.75, 3.05) is 39.5 Å². The Morgan fingerprint density at radius 1 is 1.10 bits per heavy atom. The van der Waals surface area contributed by atoms with Crippen molar-refractivity contribution in [3.63, 3.8) is 0 Å². The fourth-order valence-corrected chi connectivity index (χ4v) is 4.53. The maximum absolute atomic E-state index is 13.0. The highest BCUT2D eigenvalue weighted by Crippen LogP contribution is 2.17. The number of nitrogens with one attached hydrogen (secondary N) is 2. The van der Waals surface area contributed by atoms with Gasteiger partial charge in [-0.2, -0.15) is 4.72 Å². The molecule has 2 aromatic carbocycles. The number of morpholine rings is 1. The fraction of sp³-hybridized carbons (Fsp3) is 0.381. The van der Waals surface area contributed by atoms with E-state index in [-0.39, 0.29) is 17.5 Å². The average Bonchev–Trinajstić information content (AvgIpc) is 2.75. The van der Waals surface area contributed by atoms with Crippen LogP contribution < -0.4 is 9.62 Å². The molecule has 0 spiro atoms. The van der Waals surface area contributed by atoms with Gasteiger partial charge in [0.15, 0.2) is 0 Å². The summed E-state index contributed by atoms with van der Waals surface area (Å²) < 4.78 is 39.2. The van der Waals surface area contributed by atoms with E-state index in [9.17, 15) is 13.2 Å². The van der Waals surface area contributed by atoms with E-state index in [1.54, 1.807) is 6.92 Å². The minimum atomic E-state index is -3.76. The zero-order valence-corrected chi connectivity index (χ0v) is 17.3. The van der Waals surface area contributed by atoms with Crippen LogP contribution in [0.4, 0.5) is 0 Å². The molecule has 1 atom stereocenters. The van der Waals surface area contributed by atoms with Crippen LogP contribution in [0.2, 0.25) is 0 Å². The Balaban J connectivity index is 1.78. The van der Waals surface area contributed by atoms with Crippen molar-refractivity contribution in [2.24, 2.45) is 0 Å². The van der Waals surface area contributed by atoms with Crippen molar-refractivity contribution in [1.82, 2.24) is 4.72 Å². The zero-order valence-electron chi connectivity index (χ0n) is 16.5. The molecule has 2 N–H and O–H groups in total. The van der Waals surface area contributed by atoms with E-state index in [0.29, 0.717) is 25.3 Å². The van der Waals surface area contributed by atoms with E-state index in [1.807, 2.05) is 30.3 Å². The number of benzene rings is 2. The van der Waals surface area contributed by atoms with Crippen LogP contribution in [-0.2, 0) is 19.5 Å². The highest BCUT2D eigenvalue weighted by molar-refractivity contribution is 7.89. The molecule has 3 rings (SSSR count). The molecule has 0 unspecified atom stereocenters. The first-order valence-electron chi connectivity index (χ1n) is 9.75. The van der Waals surface area contributed by atoms with Gasteiger partial charge in [-0.1, -0.05) is 30.3 Å². The summed E-state index contributed by atoms with van der Waals surface area (Å²) in [7, 11) is -3.76. The minimum absolute atomic E-state index is 0.114. The SMILES string of the molecule is CCOC(=O)c1ccc(S(=O)(=O)N[C@H](C[NH+]2CCOCC2)c2ccccc2)cc1. The van der Waals surface area contributed by atoms with Crippen LogP contribution in [0.1, 0.15) is 28.9 Å². The quantitative estimate of drug-likeness (QED) is 0.618. The Morgan fingerprint density at radius 2 is 1.76 bits per heavy atom. The van der Waals surface area contributed by atoms with Crippen molar-refractivity contribution in [3.05, 3.63) is 65.7 Å². The van der Waals surface area contributed by atoms with Gasteiger partial charge in [-0.3, -0.25) is 0 Å². The van der Waals surface area contributed by atoms with E-state index in [2.05, 4.69) is 4.72 Å². The van der Waals surface area contributed by atoms with Gasteiger partial charge in [-0.25, -0.2) is 13.2 Å². The van der Waals surface area contributed by atoms with E-state index >= 15 is 0 Å². The van der Waals surface area contributed by atoms with Gasteiger partial charge >= 0.3 is 5.97 Å². The summed E-state index contributed by atoms with van der Waals surface area (Å²) in [6.07, 6.45) is 0. The topological polar surface area (TPSA) is 86.1 Å². The second-order valence-electron chi connectivity index (χ2n) is 6.90. The number of esters is 1. The molecular formula is C21H27N2O5S+. The van der Waals surface area contributed by atoms with Crippen molar-refractivity contribution >= 4 is 16.0 Å². The molecule has 0 aliphatic carbocycles. The van der Waals surface area contributed by atoms with Crippen LogP contribution in [0, 0.1) is 0 Å². The van der Waals surface area contributed by atoms with E-state index < -0.39 is 16.0 Å². The molecule has 2 aromatic rings. The smallest absolute Gasteiger partial charge is 0.338 e. The number of carbonyl (C=O) groups is 1. The number of carbonyl (C=O) groups excluding carboxylic acids is 1. The third-order valence-corrected chi connectivity index (χ3v) is 6.36. The van der Waals surface area contributed by atoms with E-state index in [1.165, 1.54) is 29.2 Å². The number of ether oxygens (including phenoxy) is 2. The highest BCUT2D eigenvalue weighted by Gasteiger charge is 2.26. The Bertz CT molecular complexity index is 894. The standard InChI is InChI=1S/C21H26N2O5S/c1-2-28-21(24)18-8-10-19(11-9-18)29(25,26)22-20(17-6-4-3-5-7-17)16-23-12-14-27-15-13-23/h3-11,20,22H,2,12-16H2,1H3/p+1/t20-/m1/s1. The molecule has 0 radical (unpaired) electrons. The Labute approximate surface area is 171 Å². The maximum atomic E-state index is 13.0. The first kappa shape index (κ1) is 21.4. The summed E-state index contributed by atoms with van der Waals surface area (Å²) in [6.45, 7) is 5.67. The summed E-state index contributed by atoms with van der Waals surface area (Å²) in [6, 6.07) is 15.0. The minimum Gasteiger partial charge on any atom is -0.462 e. The van der Waals surface area contributed by atoms with Gasteiger partial charge in [-0.15, -0.1) is 0 Å². The lowest BCUT2D eigenvalue weighted by Gasteiger charge is -2.28. The van der Waals surface area contributed by atoms with Gasteiger partial charge in [0.25, 0.3) is 0 Å². The second kappa shape index (κ2) is 9.98. The average molecular weight is 420 g/mol. The summed E-state index contributed by atoms with van der Waals surface area (Å²) >= 11 is 0. The number of hydrogen-bond donors (Lipinski definition) is 2. The number of rotatable bonds is 8. The molecule has 156 valence electrons. The lowest BCUT2D eigenvalue weighted by Crippen LogP contribution is -3.14. The molecule has 1 heterocycles. The van der Waals surface area contributed by atoms with Gasteiger partial charge in [0, 0.05) is 0 Å². The monoisotopic (exact) mass is 419 g/mol. The van der Waals surface area contributed by atoms with Gasteiger partial charge in [-0.05, 0) is 36.8 Å². The molecule has 0 aromatic heterocycles. The van der Waals surface area contributed by atoms with E-state index in [4.69, 9.17) is 9.47 Å². The largest absolute Gasteiger partial charge is 0.462 e.